The second kappa shape index (κ2) is 6.76. The molecule has 2 rings (SSSR count). The van der Waals surface area contributed by atoms with Gasteiger partial charge in [-0.2, -0.15) is 11.8 Å². The molecule has 0 aliphatic carbocycles. The SMILES string of the molecule is CSCC(C)CNCc1cccc2cccnc12. The predicted octanol–water partition coefficient (Wildman–Crippen LogP) is 3.32. The van der Waals surface area contributed by atoms with Crippen LogP contribution in [0.15, 0.2) is 36.5 Å². The molecule has 1 aromatic carbocycles. The number of nitrogens with zero attached hydrogens (tertiary/aromatic N) is 1. The standard InChI is InChI=1S/C15H20N2S/c1-12(11-18-2)9-16-10-14-6-3-5-13-7-4-8-17-15(13)14/h3-8,12,16H,9-11H2,1-2H3. The normalized spacial score (nSPS) is 12.8. The van der Waals surface area contributed by atoms with Gasteiger partial charge in [-0.3, -0.25) is 4.98 Å². The van der Waals surface area contributed by atoms with Crippen LogP contribution in [0.1, 0.15) is 12.5 Å². The molecule has 0 fully saturated rings. The van der Waals surface area contributed by atoms with Crippen LogP contribution in [0.25, 0.3) is 10.9 Å². The van der Waals surface area contributed by atoms with Crippen molar-refractivity contribution in [3.63, 3.8) is 0 Å². The molecule has 3 heteroatoms. The number of thioether (sulfide) groups is 1. The molecule has 18 heavy (non-hydrogen) atoms. The molecule has 1 unspecified atom stereocenters. The molecule has 1 heterocycles. The van der Waals surface area contributed by atoms with Gasteiger partial charge in [-0.15, -0.1) is 0 Å². The summed E-state index contributed by atoms with van der Waals surface area (Å²) >= 11 is 1.91. The highest BCUT2D eigenvalue weighted by Crippen LogP contribution is 2.15. The van der Waals surface area contributed by atoms with Gasteiger partial charge in [-0.05, 0) is 36.1 Å². The summed E-state index contributed by atoms with van der Waals surface area (Å²) in [5.74, 6) is 1.92. The maximum Gasteiger partial charge on any atom is 0.0746 e. The molecule has 0 radical (unpaired) electrons. The van der Waals surface area contributed by atoms with Gasteiger partial charge in [-0.25, -0.2) is 0 Å². The first kappa shape index (κ1) is 13.4. The fourth-order valence-corrected chi connectivity index (χ4v) is 2.79. The van der Waals surface area contributed by atoms with Crippen LogP contribution in [0.5, 0.6) is 0 Å². The number of pyridine rings is 1. The van der Waals surface area contributed by atoms with Crippen molar-refractivity contribution in [3.05, 3.63) is 42.1 Å². The number of hydrogen-bond donors (Lipinski definition) is 1. The summed E-state index contributed by atoms with van der Waals surface area (Å²) in [5.41, 5.74) is 2.40. The summed E-state index contributed by atoms with van der Waals surface area (Å²) in [5, 5.41) is 4.74. The summed E-state index contributed by atoms with van der Waals surface area (Å²) in [7, 11) is 0. The molecule has 2 aromatic rings. The first-order valence-electron chi connectivity index (χ1n) is 6.33. The highest BCUT2D eigenvalue weighted by atomic mass is 32.2. The monoisotopic (exact) mass is 260 g/mol. The Morgan fingerprint density at radius 3 is 2.94 bits per heavy atom. The maximum absolute atomic E-state index is 4.47. The van der Waals surface area contributed by atoms with Crippen LogP contribution in [-0.2, 0) is 6.54 Å². The van der Waals surface area contributed by atoms with Crippen LogP contribution < -0.4 is 5.32 Å². The van der Waals surface area contributed by atoms with Crippen molar-refractivity contribution in [2.75, 3.05) is 18.6 Å². The van der Waals surface area contributed by atoms with Crippen molar-refractivity contribution >= 4 is 22.7 Å². The Labute approximate surface area is 113 Å². The Morgan fingerprint density at radius 1 is 1.28 bits per heavy atom. The molecule has 0 aliphatic heterocycles. The Morgan fingerprint density at radius 2 is 2.11 bits per heavy atom. The molecule has 1 atom stereocenters. The van der Waals surface area contributed by atoms with Crippen LogP contribution in [0.3, 0.4) is 0 Å². The van der Waals surface area contributed by atoms with Crippen molar-refractivity contribution < 1.29 is 0 Å². The largest absolute Gasteiger partial charge is 0.312 e. The van der Waals surface area contributed by atoms with Gasteiger partial charge >= 0.3 is 0 Å². The lowest BCUT2D eigenvalue weighted by molar-refractivity contribution is 0.560. The zero-order valence-electron chi connectivity index (χ0n) is 11.0. The van der Waals surface area contributed by atoms with E-state index in [2.05, 4.69) is 47.7 Å². The fourth-order valence-electron chi connectivity index (χ4n) is 2.11. The Kier molecular flexibility index (Phi) is 5.02. The molecule has 2 nitrogen and oxygen atoms in total. The molecular formula is C15H20N2S. The molecule has 96 valence electrons. The van der Waals surface area contributed by atoms with E-state index in [9.17, 15) is 0 Å². The first-order chi connectivity index (χ1) is 8.81. The third-order valence-corrected chi connectivity index (χ3v) is 3.88. The Balaban J connectivity index is 1.99. The van der Waals surface area contributed by atoms with Crippen molar-refractivity contribution in [1.82, 2.24) is 10.3 Å². The van der Waals surface area contributed by atoms with Gasteiger partial charge in [0.2, 0.25) is 0 Å². The van der Waals surface area contributed by atoms with E-state index in [0.29, 0.717) is 5.92 Å². The van der Waals surface area contributed by atoms with Gasteiger partial charge in [0, 0.05) is 18.1 Å². The molecule has 1 aromatic heterocycles. The average molecular weight is 260 g/mol. The van der Waals surface area contributed by atoms with Crippen LogP contribution in [0.2, 0.25) is 0 Å². The van der Waals surface area contributed by atoms with E-state index < -0.39 is 0 Å². The van der Waals surface area contributed by atoms with Gasteiger partial charge in [-0.1, -0.05) is 31.2 Å². The lowest BCUT2D eigenvalue weighted by Crippen LogP contribution is -2.22. The molecular weight excluding hydrogens is 240 g/mol. The topological polar surface area (TPSA) is 24.9 Å². The smallest absolute Gasteiger partial charge is 0.0746 e. The zero-order valence-corrected chi connectivity index (χ0v) is 11.8. The summed E-state index contributed by atoms with van der Waals surface area (Å²) in [6.07, 6.45) is 4.02. The second-order valence-corrected chi connectivity index (χ2v) is 5.59. The Hall–Kier alpha value is -1.06. The predicted molar refractivity (Wildman–Crippen MR) is 81.0 cm³/mol. The number of benzene rings is 1. The number of fused-ring (bicyclic) bond motifs is 1. The van der Waals surface area contributed by atoms with Gasteiger partial charge < -0.3 is 5.32 Å². The van der Waals surface area contributed by atoms with E-state index in [4.69, 9.17) is 0 Å². The molecule has 0 aliphatic rings. The van der Waals surface area contributed by atoms with E-state index in [1.807, 2.05) is 24.0 Å². The third kappa shape index (κ3) is 3.47. The fraction of sp³-hybridized carbons (Fsp3) is 0.400. The van der Waals surface area contributed by atoms with Gasteiger partial charge in [0.1, 0.15) is 0 Å². The van der Waals surface area contributed by atoms with Gasteiger partial charge in [0.15, 0.2) is 0 Å². The van der Waals surface area contributed by atoms with E-state index in [1.165, 1.54) is 16.7 Å². The van der Waals surface area contributed by atoms with Crippen molar-refractivity contribution in [2.24, 2.45) is 5.92 Å². The van der Waals surface area contributed by atoms with Crippen molar-refractivity contribution in [1.29, 1.82) is 0 Å². The number of hydrogen-bond acceptors (Lipinski definition) is 3. The molecule has 0 bridgehead atoms. The molecule has 0 saturated carbocycles. The van der Waals surface area contributed by atoms with Gasteiger partial charge in [0.05, 0.1) is 5.52 Å². The summed E-state index contributed by atoms with van der Waals surface area (Å²) < 4.78 is 0. The van der Waals surface area contributed by atoms with E-state index in [0.717, 1.165) is 18.6 Å². The number of aromatic nitrogens is 1. The molecule has 0 spiro atoms. The highest BCUT2D eigenvalue weighted by molar-refractivity contribution is 7.98. The number of para-hydroxylation sites is 1. The maximum atomic E-state index is 4.47. The molecule has 0 saturated heterocycles. The second-order valence-electron chi connectivity index (χ2n) is 4.68. The van der Waals surface area contributed by atoms with Crippen LogP contribution in [0.4, 0.5) is 0 Å². The van der Waals surface area contributed by atoms with Crippen LogP contribution in [0, 0.1) is 5.92 Å². The first-order valence-corrected chi connectivity index (χ1v) is 7.73. The molecule has 0 amide bonds. The zero-order chi connectivity index (χ0) is 12.8. The minimum absolute atomic E-state index is 0.711. The van der Waals surface area contributed by atoms with E-state index in [1.54, 1.807) is 0 Å². The lowest BCUT2D eigenvalue weighted by atomic mass is 10.1. The number of rotatable bonds is 6. The summed E-state index contributed by atoms with van der Waals surface area (Å²) in [6.45, 7) is 4.24. The number of nitrogens with one attached hydrogen (secondary N) is 1. The van der Waals surface area contributed by atoms with E-state index >= 15 is 0 Å². The van der Waals surface area contributed by atoms with E-state index in [-0.39, 0.29) is 0 Å². The minimum atomic E-state index is 0.711. The van der Waals surface area contributed by atoms with Crippen LogP contribution in [-0.4, -0.2) is 23.5 Å². The highest BCUT2D eigenvalue weighted by Gasteiger charge is 2.03. The average Bonchev–Trinajstić information content (AvgIpc) is 2.39. The summed E-state index contributed by atoms with van der Waals surface area (Å²) in [6, 6.07) is 10.5. The van der Waals surface area contributed by atoms with Crippen molar-refractivity contribution in [3.8, 4) is 0 Å². The third-order valence-electron chi connectivity index (χ3n) is 2.98. The lowest BCUT2D eigenvalue weighted by Gasteiger charge is -2.12. The molecule has 1 N–H and O–H groups in total. The minimum Gasteiger partial charge on any atom is -0.312 e. The Bertz CT molecular complexity index is 493. The quantitative estimate of drug-likeness (QED) is 0.862. The van der Waals surface area contributed by atoms with Crippen molar-refractivity contribution in [2.45, 2.75) is 13.5 Å². The van der Waals surface area contributed by atoms with Crippen LogP contribution >= 0.6 is 11.8 Å². The summed E-state index contributed by atoms with van der Waals surface area (Å²) in [4.78, 5) is 4.47. The van der Waals surface area contributed by atoms with Gasteiger partial charge in [0.25, 0.3) is 0 Å².